The molecular formula is C31H34N2O6. The molecule has 5 rings (SSSR count). The highest BCUT2D eigenvalue weighted by atomic mass is 16.5. The number of rotatable bonds is 9. The largest absolute Gasteiger partial charge is 0.507 e. The summed E-state index contributed by atoms with van der Waals surface area (Å²) in [6.07, 6.45) is 0.691. The van der Waals surface area contributed by atoms with Crippen LogP contribution in [0.15, 0.2) is 70.7 Å². The Hall–Kier alpha value is -3.88. The molecule has 1 atom stereocenters. The lowest BCUT2D eigenvalue weighted by Gasteiger charge is -2.28. The Morgan fingerprint density at radius 2 is 1.72 bits per heavy atom. The van der Waals surface area contributed by atoms with Gasteiger partial charge in [-0.3, -0.25) is 14.5 Å². The number of furan rings is 1. The van der Waals surface area contributed by atoms with Crippen molar-refractivity contribution >= 4 is 17.4 Å². The Morgan fingerprint density at radius 3 is 2.41 bits per heavy atom. The van der Waals surface area contributed by atoms with Crippen molar-refractivity contribution in [1.82, 2.24) is 9.80 Å². The molecule has 8 heteroatoms. The molecule has 2 aromatic carbocycles. The third-order valence-corrected chi connectivity index (χ3v) is 7.33. The van der Waals surface area contributed by atoms with Crippen molar-refractivity contribution in [3.8, 4) is 5.75 Å². The van der Waals surface area contributed by atoms with E-state index >= 15 is 0 Å². The zero-order valence-electron chi connectivity index (χ0n) is 22.4. The smallest absolute Gasteiger partial charge is 0.295 e. The molecular weight excluding hydrogens is 496 g/mol. The Balaban J connectivity index is 1.36. The van der Waals surface area contributed by atoms with Crippen LogP contribution in [0.5, 0.6) is 5.75 Å². The van der Waals surface area contributed by atoms with Crippen LogP contribution in [-0.2, 0) is 20.9 Å². The molecule has 0 unspecified atom stereocenters. The summed E-state index contributed by atoms with van der Waals surface area (Å²) in [4.78, 5) is 30.2. The number of Topliss-reactive ketones (excluding diaryl/α,β-unsaturated/α-hetero) is 1. The van der Waals surface area contributed by atoms with E-state index in [-0.39, 0.29) is 11.3 Å². The number of ether oxygens (including phenoxy) is 2. The van der Waals surface area contributed by atoms with E-state index in [0.29, 0.717) is 55.6 Å². The summed E-state index contributed by atoms with van der Waals surface area (Å²) in [6, 6.07) is 17.7. The van der Waals surface area contributed by atoms with Crippen molar-refractivity contribution in [3.05, 3.63) is 94.4 Å². The Morgan fingerprint density at radius 1 is 0.974 bits per heavy atom. The second-order valence-electron chi connectivity index (χ2n) is 9.99. The summed E-state index contributed by atoms with van der Waals surface area (Å²) in [5.41, 5.74) is 2.70. The van der Waals surface area contributed by atoms with Gasteiger partial charge in [-0.05, 0) is 67.8 Å². The van der Waals surface area contributed by atoms with Crippen LogP contribution in [0, 0.1) is 13.8 Å². The molecule has 3 heterocycles. The summed E-state index contributed by atoms with van der Waals surface area (Å²) >= 11 is 0. The normalized spacial score (nSPS) is 19.5. The van der Waals surface area contributed by atoms with Crippen LogP contribution < -0.4 is 4.74 Å². The number of aliphatic hydroxyl groups excluding tert-OH is 1. The van der Waals surface area contributed by atoms with Gasteiger partial charge in [0.15, 0.2) is 0 Å². The number of carbonyl (C=O) groups is 2. The van der Waals surface area contributed by atoms with Gasteiger partial charge in [-0.1, -0.05) is 24.3 Å². The standard InChI is InChI=1S/C31H34N2O6/c1-21-6-3-4-7-24(21)20-38-25-11-9-23(10-12-25)29(34)27-28(26-13-8-22(2)39-26)33(31(36)30(27)35)15-5-14-32-16-18-37-19-17-32/h3-4,6-13,28,34H,5,14-20H2,1-2H3/t28-/m1/s1. The predicted molar refractivity (Wildman–Crippen MR) is 146 cm³/mol. The van der Waals surface area contributed by atoms with Gasteiger partial charge in [0.05, 0.1) is 18.8 Å². The van der Waals surface area contributed by atoms with Gasteiger partial charge in [0, 0.05) is 31.7 Å². The van der Waals surface area contributed by atoms with Crippen molar-refractivity contribution in [1.29, 1.82) is 0 Å². The minimum absolute atomic E-state index is 0.0364. The van der Waals surface area contributed by atoms with Crippen molar-refractivity contribution in [2.45, 2.75) is 32.9 Å². The molecule has 204 valence electrons. The molecule has 2 fully saturated rings. The summed E-state index contributed by atoms with van der Waals surface area (Å²) in [7, 11) is 0. The average Bonchev–Trinajstić information content (AvgIpc) is 3.49. The van der Waals surface area contributed by atoms with Gasteiger partial charge in [-0.2, -0.15) is 0 Å². The summed E-state index contributed by atoms with van der Waals surface area (Å²) < 4.78 is 17.2. The highest BCUT2D eigenvalue weighted by Crippen LogP contribution is 2.40. The highest BCUT2D eigenvalue weighted by molar-refractivity contribution is 6.46. The van der Waals surface area contributed by atoms with E-state index in [4.69, 9.17) is 13.9 Å². The molecule has 1 amide bonds. The van der Waals surface area contributed by atoms with E-state index in [0.717, 1.165) is 30.8 Å². The maximum Gasteiger partial charge on any atom is 0.295 e. The van der Waals surface area contributed by atoms with E-state index in [1.165, 1.54) is 4.90 Å². The van der Waals surface area contributed by atoms with E-state index in [1.807, 2.05) is 38.1 Å². The zero-order chi connectivity index (χ0) is 27.4. The summed E-state index contributed by atoms with van der Waals surface area (Å²) in [5, 5.41) is 11.3. The lowest BCUT2D eigenvalue weighted by Crippen LogP contribution is -2.38. The van der Waals surface area contributed by atoms with Gasteiger partial charge in [0.2, 0.25) is 0 Å². The number of amides is 1. The number of aryl methyl sites for hydroxylation is 2. The molecule has 8 nitrogen and oxygen atoms in total. The number of nitrogens with zero attached hydrogens (tertiary/aromatic N) is 2. The number of morpholine rings is 1. The topological polar surface area (TPSA) is 92.5 Å². The molecule has 1 N–H and O–H groups in total. The number of likely N-dealkylation sites (tertiary alicyclic amines) is 1. The maximum absolute atomic E-state index is 13.2. The molecule has 0 bridgehead atoms. The quantitative estimate of drug-likeness (QED) is 0.245. The Bertz CT molecular complexity index is 1350. The molecule has 39 heavy (non-hydrogen) atoms. The number of carbonyl (C=O) groups excluding carboxylic acids is 2. The predicted octanol–water partition coefficient (Wildman–Crippen LogP) is 4.62. The van der Waals surface area contributed by atoms with Crippen molar-refractivity contribution in [2.24, 2.45) is 0 Å². The zero-order valence-corrected chi connectivity index (χ0v) is 22.4. The second kappa shape index (κ2) is 11.9. The van der Waals surface area contributed by atoms with Gasteiger partial charge >= 0.3 is 0 Å². The van der Waals surface area contributed by atoms with Crippen LogP contribution in [0.3, 0.4) is 0 Å². The van der Waals surface area contributed by atoms with Crippen LogP contribution in [0.1, 0.15) is 40.7 Å². The van der Waals surface area contributed by atoms with Gasteiger partial charge in [0.1, 0.15) is 35.7 Å². The van der Waals surface area contributed by atoms with E-state index in [1.54, 1.807) is 36.4 Å². The van der Waals surface area contributed by atoms with E-state index in [2.05, 4.69) is 4.90 Å². The van der Waals surface area contributed by atoms with E-state index < -0.39 is 17.7 Å². The fraction of sp³-hybridized carbons (Fsp3) is 0.355. The second-order valence-corrected chi connectivity index (χ2v) is 9.99. The first-order valence-corrected chi connectivity index (χ1v) is 13.3. The molecule has 2 saturated heterocycles. The SMILES string of the molecule is Cc1ccc([C@@H]2C(=C(O)c3ccc(OCc4ccccc4C)cc3)C(=O)C(=O)N2CCCN2CCOCC2)o1. The Kier molecular flexibility index (Phi) is 8.14. The minimum Gasteiger partial charge on any atom is -0.507 e. The molecule has 0 saturated carbocycles. The molecule has 2 aliphatic heterocycles. The third kappa shape index (κ3) is 5.92. The first-order chi connectivity index (χ1) is 18.9. The first kappa shape index (κ1) is 26.7. The lowest BCUT2D eigenvalue weighted by atomic mass is 9.99. The number of ketones is 1. The number of aliphatic hydroxyl groups is 1. The summed E-state index contributed by atoms with van der Waals surface area (Å²) in [5.74, 6) is 0.190. The molecule has 1 aromatic heterocycles. The molecule has 3 aromatic rings. The average molecular weight is 531 g/mol. The van der Waals surface area contributed by atoms with Gasteiger partial charge < -0.3 is 23.9 Å². The van der Waals surface area contributed by atoms with Crippen LogP contribution in [-0.4, -0.2) is 66.0 Å². The summed E-state index contributed by atoms with van der Waals surface area (Å²) in [6.45, 7) is 8.53. The Labute approximate surface area is 228 Å². The fourth-order valence-corrected chi connectivity index (χ4v) is 5.09. The van der Waals surface area contributed by atoms with Crippen LogP contribution in [0.4, 0.5) is 0 Å². The maximum atomic E-state index is 13.2. The van der Waals surface area contributed by atoms with Crippen LogP contribution >= 0.6 is 0 Å². The van der Waals surface area contributed by atoms with E-state index in [9.17, 15) is 14.7 Å². The number of benzene rings is 2. The number of hydrogen-bond donors (Lipinski definition) is 1. The number of hydrogen-bond acceptors (Lipinski definition) is 7. The third-order valence-electron chi connectivity index (χ3n) is 7.33. The van der Waals surface area contributed by atoms with Gasteiger partial charge in [-0.25, -0.2) is 0 Å². The molecule has 2 aliphatic rings. The van der Waals surface area contributed by atoms with Crippen LogP contribution in [0.2, 0.25) is 0 Å². The van der Waals surface area contributed by atoms with Gasteiger partial charge in [0.25, 0.3) is 11.7 Å². The van der Waals surface area contributed by atoms with Crippen molar-refractivity contribution < 1.29 is 28.6 Å². The monoisotopic (exact) mass is 530 g/mol. The lowest BCUT2D eigenvalue weighted by molar-refractivity contribution is -0.140. The van der Waals surface area contributed by atoms with Gasteiger partial charge in [-0.15, -0.1) is 0 Å². The first-order valence-electron chi connectivity index (χ1n) is 13.3. The van der Waals surface area contributed by atoms with Crippen LogP contribution in [0.25, 0.3) is 5.76 Å². The highest BCUT2D eigenvalue weighted by Gasteiger charge is 2.47. The molecule has 0 aliphatic carbocycles. The minimum atomic E-state index is -0.791. The molecule has 0 radical (unpaired) electrons. The van der Waals surface area contributed by atoms with Crippen molar-refractivity contribution in [2.75, 3.05) is 39.4 Å². The molecule has 0 spiro atoms. The fourth-order valence-electron chi connectivity index (χ4n) is 5.09. The van der Waals surface area contributed by atoms with Crippen molar-refractivity contribution in [3.63, 3.8) is 0 Å².